The zero-order chi connectivity index (χ0) is 20.0. The fourth-order valence-electron chi connectivity index (χ4n) is 3.56. The molecule has 0 atom stereocenters. The van der Waals surface area contributed by atoms with Crippen LogP contribution in [0, 0.1) is 0 Å². The van der Waals surface area contributed by atoms with E-state index in [1.807, 2.05) is 23.1 Å². The van der Waals surface area contributed by atoms with E-state index in [4.69, 9.17) is 9.47 Å². The van der Waals surface area contributed by atoms with E-state index in [1.165, 1.54) is 6.07 Å². The maximum absolute atomic E-state index is 13.1. The van der Waals surface area contributed by atoms with Gasteiger partial charge in [0.05, 0.1) is 0 Å². The summed E-state index contributed by atoms with van der Waals surface area (Å²) in [4.78, 5) is 4.25. The number of aromatic nitrogens is 4. The Labute approximate surface area is 163 Å². The van der Waals surface area contributed by atoms with Gasteiger partial charge in [-0.15, -0.1) is 15.3 Å². The van der Waals surface area contributed by atoms with E-state index in [1.54, 1.807) is 6.07 Å². The molecular weight excluding hydrogens is 389 g/mol. The van der Waals surface area contributed by atoms with Gasteiger partial charge in [-0.2, -0.15) is 17.7 Å². The third-order valence-corrected chi connectivity index (χ3v) is 5.04. The Kier molecular flexibility index (Phi) is 4.19. The van der Waals surface area contributed by atoms with Crippen molar-refractivity contribution in [1.82, 2.24) is 24.7 Å². The molecule has 3 aromatic rings. The largest absolute Gasteiger partial charge is 0.454 e. The van der Waals surface area contributed by atoms with Crippen molar-refractivity contribution in [2.75, 3.05) is 37.9 Å². The molecular formula is C18H17F3N6O2. The van der Waals surface area contributed by atoms with Crippen LogP contribution in [-0.2, 0) is 12.7 Å². The molecule has 2 aliphatic heterocycles. The van der Waals surface area contributed by atoms with E-state index in [0.29, 0.717) is 18.9 Å². The van der Waals surface area contributed by atoms with Crippen molar-refractivity contribution < 1.29 is 22.6 Å². The summed E-state index contributed by atoms with van der Waals surface area (Å²) in [6.07, 6.45) is -4.60. The van der Waals surface area contributed by atoms with Gasteiger partial charge in [0.15, 0.2) is 17.1 Å². The summed E-state index contributed by atoms with van der Waals surface area (Å²) in [7, 11) is 0. The molecule has 2 aromatic heterocycles. The predicted molar refractivity (Wildman–Crippen MR) is 95.8 cm³/mol. The molecule has 5 rings (SSSR count). The van der Waals surface area contributed by atoms with Crippen molar-refractivity contribution in [2.45, 2.75) is 12.7 Å². The number of alkyl halides is 3. The summed E-state index contributed by atoms with van der Waals surface area (Å²) in [6, 6.07) is 9.08. The zero-order valence-electron chi connectivity index (χ0n) is 15.3. The van der Waals surface area contributed by atoms with E-state index < -0.39 is 12.0 Å². The molecule has 1 aromatic carbocycles. The Balaban J connectivity index is 1.27. The van der Waals surface area contributed by atoms with Gasteiger partial charge in [0.2, 0.25) is 6.79 Å². The summed E-state index contributed by atoms with van der Waals surface area (Å²) in [6.45, 7) is 3.86. The van der Waals surface area contributed by atoms with Gasteiger partial charge in [-0.05, 0) is 29.8 Å². The number of hydrogen-bond donors (Lipinski definition) is 0. The number of hydrogen-bond acceptors (Lipinski definition) is 7. The third-order valence-electron chi connectivity index (χ3n) is 5.04. The van der Waals surface area contributed by atoms with Gasteiger partial charge in [0, 0.05) is 32.7 Å². The number of rotatable bonds is 3. The topological polar surface area (TPSA) is 68.0 Å². The number of piperazine rings is 1. The summed E-state index contributed by atoms with van der Waals surface area (Å²) in [5.41, 5.74) is 1.20. The molecule has 2 aliphatic rings. The van der Waals surface area contributed by atoms with Crippen LogP contribution in [0.3, 0.4) is 0 Å². The standard InChI is InChI=1S/C18H17F3N6O2/c19-18(20,21)17-23-22-15-3-4-16(24-27(15)17)26-7-5-25(6-8-26)10-12-1-2-13-14(9-12)29-11-28-13/h1-4,9H,5-8,10-11H2. The van der Waals surface area contributed by atoms with Crippen molar-refractivity contribution >= 4 is 11.5 Å². The van der Waals surface area contributed by atoms with E-state index >= 15 is 0 Å². The molecule has 1 fully saturated rings. The smallest absolute Gasteiger partial charge is 0.453 e. The van der Waals surface area contributed by atoms with Gasteiger partial charge in [-0.1, -0.05) is 6.07 Å². The molecule has 0 saturated carbocycles. The average Bonchev–Trinajstić information content (AvgIpc) is 3.34. The molecule has 29 heavy (non-hydrogen) atoms. The number of anilines is 1. The van der Waals surface area contributed by atoms with Crippen LogP contribution in [0.25, 0.3) is 5.65 Å². The molecule has 4 heterocycles. The van der Waals surface area contributed by atoms with E-state index in [-0.39, 0.29) is 12.4 Å². The average molecular weight is 406 g/mol. The Hall–Kier alpha value is -3.08. The summed E-state index contributed by atoms with van der Waals surface area (Å²) >= 11 is 0. The molecule has 8 nitrogen and oxygen atoms in total. The second kappa shape index (κ2) is 6.76. The van der Waals surface area contributed by atoms with Crippen LogP contribution >= 0.6 is 0 Å². The Morgan fingerprint density at radius 2 is 1.72 bits per heavy atom. The summed E-state index contributed by atoms with van der Waals surface area (Å²) in [5, 5.41) is 10.9. The summed E-state index contributed by atoms with van der Waals surface area (Å²) < 4.78 is 50.7. The minimum absolute atomic E-state index is 0.0718. The maximum Gasteiger partial charge on any atom is 0.453 e. The van der Waals surface area contributed by atoms with E-state index in [2.05, 4.69) is 20.2 Å². The fourth-order valence-corrected chi connectivity index (χ4v) is 3.56. The Morgan fingerprint density at radius 1 is 0.931 bits per heavy atom. The molecule has 0 aliphatic carbocycles. The van der Waals surface area contributed by atoms with Crippen LogP contribution in [0.4, 0.5) is 19.0 Å². The van der Waals surface area contributed by atoms with Crippen LogP contribution < -0.4 is 14.4 Å². The van der Waals surface area contributed by atoms with Crippen LogP contribution in [0.1, 0.15) is 11.4 Å². The lowest BCUT2D eigenvalue weighted by Gasteiger charge is -2.35. The van der Waals surface area contributed by atoms with Gasteiger partial charge in [0.1, 0.15) is 5.82 Å². The van der Waals surface area contributed by atoms with Crippen LogP contribution in [0.2, 0.25) is 0 Å². The third kappa shape index (κ3) is 3.41. The fraction of sp³-hybridized carbons (Fsp3) is 0.389. The molecule has 11 heteroatoms. The van der Waals surface area contributed by atoms with E-state index in [9.17, 15) is 13.2 Å². The molecule has 152 valence electrons. The molecule has 0 N–H and O–H groups in total. The minimum atomic E-state index is -4.60. The molecule has 0 spiro atoms. The Morgan fingerprint density at radius 3 is 2.52 bits per heavy atom. The van der Waals surface area contributed by atoms with Gasteiger partial charge >= 0.3 is 6.18 Å². The first-order valence-corrected chi connectivity index (χ1v) is 9.13. The van der Waals surface area contributed by atoms with E-state index in [0.717, 1.165) is 41.2 Å². The highest BCUT2D eigenvalue weighted by Gasteiger charge is 2.37. The molecule has 0 amide bonds. The number of halogens is 3. The normalized spacial score (nSPS) is 17.3. The predicted octanol–water partition coefficient (Wildman–Crippen LogP) is 2.19. The van der Waals surface area contributed by atoms with Crippen molar-refractivity contribution in [3.8, 4) is 11.5 Å². The van der Waals surface area contributed by atoms with Gasteiger partial charge in [0.25, 0.3) is 5.82 Å². The molecule has 0 bridgehead atoms. The van der Waals surface area contributed by atoms with Crippen LogP contribution in [0.5, 0.6) is 11.5 Å². The number of nitrogens with zero attached hydrogens (tertiary/aromatic N) is 6. The van der Waals surface area contributed by atoms with Crippen LogP contribution in [-0.4, -0.2) is 57.7 Å². The SMILES string of the molecule is FC(F)(F)c1nnc2ccc(N3CCN(Cc4ccc5c(c4)OCO5)CC3)nn12. The first-order valence-electron chi connectivity index (χ1n) is 9.13. The van der Waals surface area contributed by atoms with Gasteiger partial charge in [-0.3, -0.25) is 4.90 Å². The lowest BCUT2D eigenvalue weighted by Crippen LogP contribution is -2.46. The molecule has 0 radical (unpaired) electrons. The second-order valence-corrected chi connectivity index (χ2v) is 6.93. The zero-order valence-corrected chi connectivity index (χ0v) is 15.3. The first-order chi connectivity index (χ1) is 14.0. The molecule has 0 unspecified atom stereocenters. The number of fused-ring (bicyclic) bond motifs is 2. The monoisotopic (exact) mass is 406 g/mol. The van der Waals surface area contributed by atoms with Crippen molar-refractivity contribution in [2.24, 2.45) is 0 Å². The second-order valence-electron chi connectivity index (χ2n) is 6.93. The highest BCUT2D eigenvalue weighted by atomic mass is 19.4. The van der Waals surface area contributed by atoms with Crippen LogP contribution in [0.15, 0.2) is 30.3 Å². The minimum Gasteiger partial charge on any atom is -0.454 e. The van der Waals surface area contributed by atoms with Crippen molar-refractivity contribution in [3.63, 3.8) is 0 Å². The maximum atomic E-state index is 13.1. The highest BCUT2D eigenvalue weighted by molar-refractivity contribution is 5.47. The number of ether oxygens (including phenoxy) is 2. The lowest BCUT2D eigenvalue weighted by molar-refractivity contribution is -0.146. The van der Waals surface area contributed by atoms with Crippen molar-refractivity contribution in [3.05, 3.63) is 41.7 Å². The molecule has 1 saturated heterocycles. The lowest BCUT2D eigenvalue weighted by atomic mass is 10.1. The highest BCUT2D eigenvalue weighted by Crippen LogP contribution is 2.33. The quantitative estimate of drug-likeness (QED) is 0.661. The van der Waals surface area contributed by atoms with Crippen molar-refractivity contribution in [1.29, 1.82) is 0 Å². The van der Waals surface area contributed by atoms with Gasteiger partial charge < -0.3 is 14.4 Å². The summed E-state index contributed by atoms with van der Waals surface area (Å²) in [5.74, 6) is 0.877. The first kappa shape index (κ1) is 18.0. The number of benzene rings is 1. The Bertz CT molecular complexity index is 1050. The van der Waals surface area contributed by atoms with Gasteiger partial charge in [-0.25, -0.2) is 0 Å².